The van der Waals surface area contributed by atoms with E-state index in [1.165, 1.54) is 6.08 Å². The van der Waals surface area contributed by atoms with Gasteiger partial charge in [0.25, 0.3) is 0 Å². The molecule has 0 bridgehead atoms. The molecule has 0 aliphatic carbocycles. The molecule has 0 fully saturated rings. The van der Waals surface area contributed by atoms with Crippen LogP contribution in [0.25, 0.3) is 0 Å². The Morgan fingerprint density at radius 1 is 1.30 bits per heavy atom. The monoisotopic (exact) mass is 204 g/mol. The molecule has 0 unspecified atom stereocenters. The molecule has 0 aliphatic heterocycles. The quantitative estimate of drug-likeness (QED) is 0.500. The summed E-state index contributed by atoms with van der Waals surface area (Å²) in [6.07, 6.45) is 5.90. The molecular weight excluding hydrogens is 194 g/mol. The fourth-order valence-corrected chi connectivity index (χ4v) is 0.243. The van der Waals surface area contributed by atoms with Gasteiger partial charge in [0.2, 0.25) is 0 Å². The molecule has 0 aromatic rings. The summed E-state index contributed by atoms with van der Waals surface area (Å²) in [5, 5.41) is 0. The first-order valence-electron chi connectivity index (χ1n) is 2.27. The summed E-state index contributed by atoms with van der Waals surface area (Å²) in [6, 6.07) is 0. The molecule has 0 atom stereocenters. The average Bonchev–Trinajstić information content (AvgIpc) is 1.69. The van der Waals surface area contributed by atoms with E-state index in [-0.39, 0.29) is 37.2 Å². The van der Waals surface area contributed by atoms with Gasteiger partial charge in [0.15, 0.2) is 0 Å². The second-order valence-corrected chi connectivity index (χ2v) is 1.12. The van der Waals surface area contributed by atoms with Crippen molar-refractivity contribution >= 4 is 43.2 Å². The van der Waals surface area contributed by atoms with E-state index in [4.69, 9.17) is 0 Å². The van der Waals surface area contributed by atoms with E-state index in [0.717, 1.165) is 6.42 Å². The molecule has 1 nitrogen and oxygen atoms in total. The Hall–Kier alpha value is 0.0600. The van der Waals surface area contributed by atoms with Crippen molar-refractivity contribution in [1.82, 2.24) is 0 Å². The summed E-state index contributed by atoms with van der Waals surface area (Å²) in [6.45, 7) is 2.01. The van der Waals surface area contributed by atoms with Crippen LogP contribution in [-0.2, 0) is 4.79 Å². The van der Waals surface area contributed by atoms with Crippen LogP contribution in [0.3, 0.4) is 0 Å². The SMILES string of the molecule is CC/C=C/C=C=O.Cl.Cl.Cl. The van der Waals surface area contributed by atoms with Gasteiger partial charge in [-0.2, -0.15) is 0 Å². The van der Waals surface area contributed by atoms with Crippen molar-refractivity contribution in [2.45, 2.75) is 13.3 Å². The first kappa shape index (κ1) is 22.5. The van der Waals surface area contributed by atoms with Gasteiger partial charge in [0.1, 0.15) is 5.94 Å². The molecule has 0 heterocycles. The van der Waals surface area contributed by atoms with Gasteiger partial charge in [-0.15, -0.1) is 37.2 Å². The Balaban J connectivity index is -0.0000000600. The molecular formula is C6H11Cl3O. The minimum Gasteiger partial charge on any atom is -0.234 e. The third kappa shape index (κ3) is 24.4. The fraction of sp³-hybridized carbons (Fsp3) is 0.333. The predicted octanol–water partition coefficient (Wildman–Crippen LogP) is 2.61. The van der Waals surface area contributed by atoms with Crippen molar-refractivity contribution in [3.63, 3.8) is 0 Å². The maximum absolute atomic E-state index is 9.45. The van der Waals surface area contributed by atoms with Gasteiger partial charge in [-0.1, -0.05) is 19.1 Å². The summed E-state index contributed by atoms with van der Waals surface area (Å²) in [7, 11) is 0. The standard InChI is InChI=1S/C6H8O.3ClH/c1-2-3-4-5-6-7;;;/h3-5H,2H2,1H3;3*1H/b4-3+;;;. The molecule has 0 spiro atoms. The lowest BCUT2D eigenvalue weighted by atomic mass is 10.4. The smallest absolute Gasteiger partial charge is 0.124 e. The Morgan fingerprint density at radius 2 is 1.80 bits per heavy atom. The molecule has 0 aromatic heterocycles. The first-order valence-corrected chi connectivity index (χ1v) is 2.27. The van der Waals surface area contributed by atoms with Crippen molar-refractivity contribution < 1.29 is 4.79 Å². The second kappa shape index (κ2) is 23.0. The highest BCUT2D eigenvalue weighted by atomic mass is 35.5. The van der Waals surface area contributed by atoms with E-state index in [1.807, 2.05) is 13.0 Å². The van der Waals surface area contributed by atoms with Gasteiger partial charge in [0.05, 0.1) is 0 Å². The number of allylic oxidation sites excluding steroid dienone is 3. The van der Waals surface area contributed by atoms with E-state index in [0.29, 0.717) is 0 Å². The maximum Gasteiger partial charge on any atom is 0.124 e. The van der Waals surface area contributed by atoms with Gasteiger partial charge in [-0.05, 0) is 6.42 Å². The normalized spacial score (nSPS) is 6.10. The summed E-state index contributed by atoms with van der Waals surface area (Å²) in [4.78, 5) is 9.45. The van der Waals surface area contributed by atoms with Gasteiger partial charge >= 0.3 is 0 Å². The van der Waals surface area contributed by atoms with Gasteiger partial charge in [-0.3, -0.25) is 0 Å². The molecule has 4 heteroatoms. The Kier molecular flexibility index (Phi) is 51.7. The van der Waals surface area contributed by atoms with Crippen molar-refractivity contribution in [3.8, 4) is 0 Å². The van der Waals surface area contributed by atoms with Crippen LogP contribution in [0, 0.1) is 0 Å². The number of halogens is 3. The lowest BCUT2D eigenvalue weighted by molar-refractivity contribution is 0.569. The van der Waals surface area contributed by atoms with Gasteiger partial charge < -0.3 is 0 Å². The van der Waals surface area contributed by atoms with E-state index in [2.05, 4.69) is 0 Å². The van der Waals surface area contributed by atoms with Crippen molar-refractivity contribution in [1.29, 1.82) is 0 Å². The molecule has 0 saturated carbocycles. The van der Waals surface area contributed by atoms with Crippen molar-refractivity contribution in [2.24, 2.45) is 0 Å². The predicted molar refractivity (Wildman–Crippen MR) is 51.4 cm³/mol. The summed E-state index contributed by atoms with van der Waals surface area (Å²) in [5.74, 6) is 1.64. The van der Waals surface area contributed by atoms with Crippen molar-refractivity contribution in [2.75, 3.05) is 0 Å². The highest BCUT2D eigenvalue weighted by molar-refractivity contribution is 5.86. The largest absolute Gasteiger partial charge is 0.234 e. The molecule has 0 aliphatic rings. The van der Waals surface area contributed by atoms with Crippen LogP contribution in [0.5, 0.6) is 0 Å². The number of carbonyl (C=O) groups excluding carboxylic acids is 1. The van der Waals surface area contributed by atoms with Crippen molar-refractivity contribution in [3.05, 3.63) is 18.2 Å². The molecule has 0 amide bonds. The lowest BCUT2D eigenvalue weighted by Gasteiger charge is -1.66. The minimum atomic E-state index is 0. The summed E-state index contributed by atoms with van der Waals surface area (Å²) >= 11 is 0. The van der Waals surface area contributed by atoms with Crippen LogP contribution in [0.2, 0.25) is 0 Å². The minimum absolute atomic E-state index is 0. The zero-order valence-corrected chi connectivity index (χ0v) is 8.02. The highest BCUT2D eigenvalue weighted by Gasteiger charge is 1.58. The molecule has 0 aromatic carbocycles. The van der Waals surface area contributed by atoms with Crippen LogP contribution in [0.1, 0.15) is 13.3 Å². The third-order valence-corrected chi connectivity index (χ3v) is 0.536. The molecule has 62 valence electrons. The summed E-state index contributed by atoms with van der Waals surface area (Å²) < 4.78 is 0. The second-order valence-electron chi connectivity index (χ2n) is 1.12. The number of hydrogen-bond acceptors (Lipinski definition) is 1. The Bertz CT molecular complexity index is 106. The molecule has 10 heavy (non-hydrogen) atoms. The third-order valence-electron chi connectivity index (χ3n) is 0.536. The fourth-order valence-electron chi connectivity index (χ4n) is 0.243. The highest BCUT2D eigenvalue weighted by Crippen LogP contribution is 1.76. The number of hydrogen-bond donors (Lipinski definition) is 0. The van der Waals surface area contributed by atoms with Crippen LogP contribution < -0.4 is 0 Å². The molecule has 0 rings (SSSR count). The Morgan fingerprint density at radius 3 is 2.10 bits per heavy atom. The van der Waals surface area contributed by atoms with E-state index < -0.39 is 0 Å². The number of rotatable bonds is 2. The maximum atomic E-state index is 9.45. The topological polar surface area (TPSA) is 17.1 Å². The van der Waals surface area contributed by atoms with Crippen LogP contribution in [0.4, 0.5) is 0 Å². The molecule has 0 saturated heterocycles. The van der Waals surface area contributed by atoms with Gasteiger partial charge in [-0.25, -0.2) is 4.79 Å². The van der Waals surface area contributed by atoms with E-state index in [1.54, 1.807) is 12.0 Å². The first-order chi connectivity index (χ1) is 3.41. The van der Waals surface area contributed by atoms with E-state index in [9.17, 15) is 4.79 Å². The summed E-state index contributed by atoms with van der Waals surface area (Å²) in [5.41, 5.74) is 0. The van der Waals surface area contributed by atoms with E-state index >= 15 is 0 Å². The lowest BCUT2D eigenvalue weighted by Crippen LogP contribution is -1.50. The molecule has 0 N–H and O–H groups in total. The average molecular weight is 206 g/mol. The molecule has 0 radical (unpaired) electrons. The zero-order chi connectivity index (χ0) is 5.54. The van der Waals surface area contributed by atoms with Crippen LogP contribution in [-0.4, -0.2) is 5.94 Å². The van der Waals surface area contributed by atoms with Gasteiger partial charge in [0, 0.05) is 6.08 Å². The van der Waals surface area contributed by atoms with Crippen LogP contribution >= 0.6 is 37.2 Å². The van der Waals surface area contributed by atoms with Crippen LogP contribution in [0.15, 0.2) is 18.2 Å². The Labute approximate surface area is 79.8 Å². The zero-order valence-electron chi connectivity index (χ0n) is 5.57.